The highest BCUT2D eigenvalue weighted by molar-refractivity contribution is 7.00. The van der Waals surface area contributed by atoms with E-state index in [9.17, 15) is 0 Å². The van der Waals surface area contributed by atoms with E-state index in [4.69, 9.17) is 24.8 Å². The van der Waals surface area contributed by atoms with Gasteiger partial charge in [-0.05, 0) is 169 Å². The fourth-order valence-electron chi connectivity index (χ4n) is 11.7. The zero-order chi connectivity index (χ0) is 57.2. The van der Waals surface area contributed by atoms with Gasteiger partial charge in [0.25, 0.3) is 0 Å². The average Bonchev–Trinajstić information content (AvgIpc) is 4.22. The van der Waals surface area contributed by atoms with E-state index in [0.29, 0.717) is 5.70 Å². The normalized spacial score (nSPS) is 11.2. The highest BCUT2D eigenvalue weighted by Crippen LogP contribution is 2.44. The molecule has 0 bridgehead atoms. The van der Waals surface area contributed by atoms with Gasteiger partial charge in [-0.15, -0.1) is 0 Å². The van der Waals surface area contributed by atoms with E-state index in [2.05, 4.69) is 233 Å². The SMILES string of the molecule is [C-]#[N+]C(=C(c1ccccc1)c1ccccc1)c1ccc(-c2ccc(N(c3ccc(-c4ccccc4)cc3)c3ccc(-c4ccc(-n5c6ccc(-c7ccc(OC)cc7)cc6c6cc(-c7ccc(OC)cc7)ccc65)cc4)c4nsnc34)cc2)cc1. The zero-order valence-electron chi connectivity index (χ0n) is 46.6. The molecule has 0 saturated carbocycles. The third-order valence-electron chi connectivity index (χ3n) is 16.0. The van der Waals surface area contributed by atoms with E-state index in [1.165, 1.54) is 11.7 Å². The molecular formula is C77H53N5O2S. The summed E-state index contributed by atoms with van der Waals surface area (Å²) in [6.45, 7) is 8.39. The van der Waals surface area contributed by atoms with Gasteiger partial charge in [0.2, 0.25) is 5.70 Å². The monoisotopic (exact) mass is 1110 g/mol. The molecule has 0 fully saturated rings. The summed E-state index contributed by atoms with van der Waals surface area (Å²) in [5, 5.41) is 2.33. The van der Waals surface area contributed by atoms with E-state index in [0.717, 1.165) is 145 Å². The number of hydrogen-bond acceptors (Lipinski definition) is 6. The van der Waals surface area contributed by atoms with Gasteiger partial charge in [0, 0.05) is 33.4 Å². The van der Waals surface area contributed by atoms with Gasteiger partial charge in [0.1, 0.15) is 22.5 Å². The lowest BCUT2D eigenvalue weighted by molar-refractivity contribution is 0.415. The van der Waals surface area contributed by atoms with Gasteiger partial charge < -0.3 is 18.9 Å². The Morgan fingerprint density at radius 1 is 0.400 bits per heavy atom. The molecule has 14 aromatic rings. The lowest BCUT2D eigenvalue weighted by Gasteiger charge is -2.26. The molecule has 0 aliphatic carbocycles. The third kappa shape index (κ3) is 9.95. The second-order valence-corrected chi connectivity index (χ2v) is 21.4. The minimum atomic E-state index is 0.611. The van der Waals surface area contributed by atoms with Crippen LogP contribution in [0.4, 0.5) is 17.1 Å². The average molecular weight is 1110 g/mol. The van der Waals surface area contributed by atoms with Crippen molar-refractivity contribution in [2.75, 3.05) is 19.1 Å². The molecule has 0 spiro atoms. The van der Waals surface area contributed by atoms with E-state index in [1.807, 2.05) is 66.7 Å². The summed E-state index contributed by atoms with van der Waals surface area (Å²) in [4.78, 5) is 6.41. The second kappa shape index (κ2) is 22.7. The first-order valence-electron chi connectivity index (χ1n) is 28.1. The van der Waals surface area contributed by atoms with Crippen molar-refractivity contribution in [1.82, 2.24) is 13.3 Å². The van der Waals surface area contributed by atoms with Gasteiger partial charge >= 0.3 is 0 Å². The molecule has 2 heterocycles. The van der Waals surface area contributed by atoms with E-state index in [-0.39, 0.29) is 0 Å². The lowest BCUT2D eigenvalue weighted by atomic mass is 9.92. The van der Waals surface area contributed by atoms with Crippen LogP contribution in [-0.2, 0) is 0 Å². The number of methoxy groups -OCH3 is 2. The molecule has 8 heteroatoms. The van der Waals surface area contributed by atoms with Gasteiger partial charge in [-0.2, -0.15) is 8.75 Å². The Balaban J connectivity index is 0.816. The van der Waals surface area contributed by atoms with Crippen LogP contribution in [0.2, 0.25) is 0 Å². The Hall–Kier alpha value is -11.1. The van der Waals surface area contributed by atoms with Crippen LogP contribution in [0.1, 0.15) is 16.7 Å². The van der Waals surface area contributed by atoms with Gasteiger partial charge in [-0.25, -0.2) is 4.85 Å². The van der Waals surface area contributed by atoms with Crippen molar-refractivity contribution in [1.29, 1.82) is 0 Å². The number of benzene rings is 12. The number of anilines is 3. The maximum Gasteiger partial charge on any atom is 0.202 e. The number of fused-ring (bicyclic) bond motifs is 4. The molecule has 0 aliphatic heterocycles. The predicted octanol–water partition coefficient (Wildman–Crippen LogP) is 20.4. The summed E-state index contributed by atoms with van der Waals surface area (Å²) in [5.41, 5.74) is 23.2. The van der Waals surface area contributed by atoms with E-state index >= 15 is 0 Å². The molecule has 12 aromatic carbocycles. The lowest BCUT2D eigenvalue weighted by Crippen LogP contribution is -2.10. The maximum absolute atomic E-state index is 8.39. The van der Waals surface area contributed by atoms with Gasteiger partial charge in [0.05, 0.1) is 49.2 Å². The second-order valence-electron chi connectivity index (χ2n) is 20.8. The number of nitrogens with zero attached hydrogens (tertiary/aromatic N) is 5. The first-order valence-corrected chi connectivity index (χ1v) is 28.9. The minimum Gasteiger partial charge on any atom is -0.497 e. The summed E-state index contributed by atoms with van der Waals surface area (Å²) < 4.78 is 23.4. The molecule has 0 atom stereocenters. The van der Waals surface area contributed by atoms with Crippen molar-refractivity contribution < 1.29 is 9.47 Å². The largest absolute Gasteiger partial charge is 0.497 e. The van der Waals surface area contributed by atoms with Gasteiger partial charge in [0.15, 0.2) is 0 Å². The summed E-state index contributed by atoms with van der Waals surface area (Å²) >= 11 is 1.23. The van der Waals surface area contributed by atoms with Gasteiger partial charge in [-0.3, -0.25) is 0 Å². The predicted molar refractivity (Wildman–Crippen MR) is 352 cm³/mol. The van der Waals surface area contributed by atoms with E-state index < -0.39 is 0 Å². The zero-order valence-corrected chi connectivity index (χ0v) is 47.4. The molecule has 0 amide bonds. The van der Waals surface area contributed by atoms with Crippen LogP contribution in [0.25, 0.3) is 110 Å². The molecule has 0 radical (unpaired) electrons. The highest BCUT2D eigenvalue weighted by atomic mass is 32.1. The van der Waals surface area contributed by atoms with Crippen molar-refractivity contribution in [3.8, 4) is 72.8 Å². The number of hydrogen-bond donors (Lipinski definition) is 0. The number of aromatic nitrogens is 3. The first-order chi connectivity index (χ1) is 42.0. The summed E-state index contributed by atoms with van der Waals surface area (Å²) in [6, 6.07) is 99.8. The Bertz CT molecular complexity index is 4640. The van der Waals surface area contributed by atoms with Crippen LogP contribution in [0.3, 0.4) is 0 Å². The van der Waals surface area contributed by atoms with Crippen LogP contribution in [0, 0.1) is 6.57 Å². The van der Waals surface area contributed by atoms with Crippen molar-refractivity contribution in [2.45, 2.75) is 0 Å². The minimum absolute atomic E-state index is 0.611. The fourth-order valence-corrected chi connectivity index (χ4v) is 12.3. The fraction of sp³-hybridized carbons (Fsp3) is 0.0260. The van der Waals surface area contributed by atoms with Crippen LogP contribution in [-0.4, -0.2) is 27.5 Å². The van der Waals surface area contributed by atoms with Crippen molar-refractivity contribution in [3.63, 3.8) is 0 Å². The Morgan fingerprint density at radius 2 is 0.812 bits per heavy atom. The molecule has 0 N–H and O–H groups in total. The number of ether oxygens (including phenoxy) is 2. The molecule has 2 aromatic heterocycles. The standard InChI is InChI=1S/C77H53N5O2S/c1-78-75(74(58-15-9-5-10-16-58)59-17-11-6-12-18-59)60-21-19-52(20-22-60)54-25-37-64(38-26-54)81(63-35-23-53(24-36-63)51-13-7-4-8-14-51)73-48-45-68(76-77(73)80-85-79-76)57-27-39-65(40-28-57)82-71-46-33-61(55-29-41-66(83-2)42-30-55)49-69(71)70-50-62(34-47-72(70)82)56-31-43-67(84-3)44-32-56/h4-50H,2-3H3. The van der Waals surface area contributed by atoms with Crippen LogP contribution in [0.5, 0.6) is 11.5 Å². The Morgan fingerprint density at radius 3 is 1.29 bits per heavy atom. The smallest absolute Gasteiger partial charge is 0.202 e. The van der Waals surface area contributed by atoms with Crippen molar-refractivity contribution in [3.05, 3.63) is 313 Å². The topological polar surface area (TPSA) is 56.8 Å². The maximum atomic E-state index is 8.39. The third-order valence-corrected chi connectivity index (χ3v) is 16.5. The van der Waals surface area contributed by atoms with Gasteiger partial charge in [-0.1, -0.05) is 188 Å². The first kappa shape index (κ1) is 52.0. The molecule has 0 aliphatic rings. The molecule has 404 valence electrons. The molecule has 0 unspecified atom stereocenters. The molecular weight excluding hydrogens is 1060 g/mol. The van der Waals surface area contributed by atoms with Crippen molar-refractivity contribution >= 4 is 72.9 Å². The molecule has 0 saturated heterocycles. The van der Waals surface area contributed by atoms with Crippen LogP contribution in [0.15, 0.2) is 285 Å². The molecule has 85 heavy (non-hydrogen) atoms. The molecule has 14 rings (SSSR count). The molecule has 7 nitrogen and oxygen atoms in total. The summed E-state index contributed by atoms with van der Waals surface area (Å²) in [7, 11) is 3.39. The van der Waals surface area contributed by atoms with Crippen molar-refractivity contribution in [2.24, 2.45) is 0 Å². The quantitative estimate of drug-likeness (QED) is 0.0802. The van der Waals surface area contributed by atoms with E-state index in [1.54, 1.807) is 14.2 Å². The highest BCUT2D eigenvalue weighted by Gasteiger charge is 2.22. The Labute approximate surface area is 498 Å². The summed E-state index contributed by atoms with van der Waals surface area (Å²) in [5.74, 6) is 1.66. The number of rotatable bonds is 14. The van der Waals surface area contributed by atoms with Crippen LogP contribution >= 0.6 is 11.7 Å². The summed E-state index contributed by atoms with van der Waals surface area (Å²) in [6.07, 6.45) is 0. The Kier molecular flexibility index (Phi) is 13.9. The van der Waals surface area contributed by atoms with Crippen LogP contribution < -0.4 is 14.4 Å².